The number of halogens is 3. The fourth-order valence-corrected chi connectivity index (χ4v) is 4.83. The predicted molar refractivity (Wildman–Crippen MR) is 134 cm³/mol. The zero-order valence-electron chi connectivity index (χ0n) is 20.7. The van der Waals surface area contributed by atoms with Gasteiger partial charge in [0, 0.05) is 24.3 Å². The SMILES string of the molecule is Cc1cnc(-c2ccnc(C(C)(C)O)n2)cc1-n1c(C)cc([C@H]2C[C@@H]2c2cnn(C(F)F)c2)c(Cl)c1=O. The third-order valence-corrected chi connectivity index (χ3v) is 6.96. The average Bonchev–Trinajstić information content (AvgIpc) is 3.48. The van der Waals surface area contributed by atoms with Crippen LogP contribution in [0.4, 0.5) is 8.78 Å². The molecule has 0 saturated heterocycles. The molecule has 8 nitrogen and oxygen atoms in total. The van der Waals surface area contributed by atoms with E-state index in [9.17, 15) is 18.7 Å². The Kier molecular flexibility index (Phi) is 6.19. The quantitative estimate of drug-likeness (QED) is 0.377. The Bertz CT molecular complexity index is 1560. The molecule has 0 unspecified atom stereocenters. The van der Waals surface area contributed by atoms with Crippen molar-refractivity contribution >= 4 is 11.6 Å². The fraction of sp³-hybridized carbons (Fsp3) is 0.346. The van der Waals surface area contributed by atoms with Crippen LogP contribution < -0.4 is 5.56 Å². The molecule has 1 fully saturated rings. The van der Waals surface area contributed by atoms with Crippen LogP contribution >= 0.6 is 11.6 Å². The number of rotatable bonds is 6. The molecule has 4 aromatic rings. The molecule has 0 aliphatic heterocycles. The summed E-state index contributed by atoms with van der Waals surface area (Å²) in [5.74, 6) is 0.198. The number of aliphatic hydroxyl groups is 1. The first kappa shape index (κ1) is 25.2. The predicted octanol–water partition coefficient (Wildman–Crippen LogP) is 5.05. The summed E-state index contributed by atoms with van der Waals surface area (Å²) < 4.78 is 28.0. The molecule has 2 atom stereocenters. The molecule has 1 N–H and O–H groups in total. The summed E-state index contributed by atoms with van der Waals surface area (Å²) >= 11 is 6.61. The highest BCUT2D eigenvalue weighted by molar-refractivity contribution is 6.31. The van der Waals surface area contributed by atoms with Crippen molar-refractivity contribution in [3.63, 3.8) is 0 Å². The molecular formula is C26H25ClF2N6O2. The second-order valence-electron chi connectivity index (χ2n) is 9.86. The van der Waals surface area contributed by atoms with Crippen molar-refractivity contribution in [1.82, 2.24) is 29.3 Å². The molecule has 1 saturated carbocycles. The van der Waals surface area contributed by atoms with E-state index in [1.54, 1.807) is 38.4 Å². The minimum atomic E-state index is -2.70. The molecule has 11 heteroatoms. The first-order valence-corrected chi connectivity index (χ1v) is 12.1. The highest BCUT2D eigenvalue weighted by atomic mass is 35.5. The lowest BCUT2D eigenvalue weighted by molar-refractivity contribution is 0.0565. The van der Waals surface area contributed by atoms with Crippen molar-refractivity contribution in [2.45, 2.75) is 58.1 Å². The molecule has 4 aromatic heterocycles. The van der Waals surface area contributed by atoms with Crippen LogP contribution in [-0.2, 0) is 5.60 Å². The monoisotopic (exact) mass is 526 g/mol. The minimum Gasteiger partial charge on any atom is -0.382 e. The molecule has 0 amide bonds. The Morgan fingerprint density at radius 2 is 1.89 bits per heavy atom. The zero-order valence-corrected chi connectivity index (χ0v) is 21.4. The van der Waals surface area contributed by atoms with Crippen LogP contribution in [0.1, 0.15) is 66.9 Å². The molecular weight excluding hydrogens is 502 g/mol. The van der Waals surface area contributed by atoms with Gasteiger partial charge in [0.05, 0.1) is 23.3 Å². The van der Waals surface area contributed by atoms with Crippen LogP contribution in [0.25, 0.3) is 17.1 Å². The van der Waals surface area contributed by atoms with Crippen LogP contribution in [0.5, 0.6) is 0 Å². The van der Waals surface area contributed by atoms with Crippen LogP contribution in [0, 0.1) is 13.8 Å². The summed E-state index contributed by atoms with van der Waals surface area (Å²) in [6.07, 6.45) is 6.69. The number of nitrogens with zero attached hydrogens (tertiary/aromatic N) is 6. The van der Waals surface area contributed by atoms with Crippen LogP contribution in [0.15, 0.2) is 47.8 Å². The second-order valence-corrected chi connectivity index (χ2v) is 10.2. The number of aromatic nitrogens is 6. The summed E-state index contributed by atoms with van der Waals surface area (Å²) in [7, 11) is 0. The van der Waals surface area contributed by atoms with Gasteiger partial charge >= 0.3 is 6.55 Å². The maximum absolute atomic E-state index is 13.5. The Morgan fingerprint density at radius 3 is 2.57 bits per heavy atom. The highest BCUT2D eigenvalue weighted by Gasteiger charge is 2.42. The van der Waals surface area contributed by atoms with Crippen molar-refractivity contribution < 1.29 is 13.9 Å². The molecule has 5 rings (SSSR count). The number of pyridine rings is 2. The van der Waals surface area contributed by atoms with Crippen LogP contribution in [0.2, 0.25) is 5.02 Å². The van der Waals surface area contributed by atoms with Gasteiger partial charge in [-0.2, -0.15) is 13.9 Å². The Balaban J connectivity index is 1.51. The van der Waals surface area contributed by atoms with E-state index >= 15 is 0 Å². The topological polar surface area (TPSA) is 98.7 Å². The van der Waals surface area contributed by atoms with Gasteiger partial charge < -0.3 is 5.11 Å². The Morgan fingerprint density at radius 1 is 1.14 bits per heavy atom. The Hall–Kier alpha value is -3.50. The number of hydrogen-bond donors (Lipinski definition) is 1. The van der Waals surface area contributed by atoms with E-state index in [1.165, 1.54) is 17.0 Å². The van der Waals surface area contributed by atoms with Gasteiger partial charge in [0.25, 0.3) is 5.56 Å². The van der Waals surface area contributed by atoms with E-state index in [0.29, 0.717) is 45.0 Å². The molecule has 1 aliphatic carbocycles. The second kappa shape index (κ2) is 9.11. The van der Waals surface area contributed by atoms with Gasteiger partial charge in [-0.1, -0.05) is 11.6 Å². The largest absolute Gasteiger partial charge is 0.382 e. The third kappa shape index (κ3) is 4.67. The van der Waals surface area contributed by atoms with Crippen molar-refractivity contribution in [2.24, 2.45) is 0 Å². The van der Waals surface area contributed by atoms with Crippen LogP contribution in [-0.4, -0.2) is 34.4 Å². The van der Waals surface area contributed by atoms with E-state index in [0.717, 1.165) is 5.56 Å². The summed E-state index contributed by atoms with van der Waals surface area (Å²) in [6, 6.07) is 5.32. The van der Waals surface area contributed by atoms with E-state index in [4.69, 9.17) is 11.6 Å². The minimum absolute atomic E-state index is 0.0170. The first-order valence-electron chi connectivity index (χ1n) is 11.7. The molecule has 1 aliphatic rings. The van der Waals surface area contributed by atoms with E-state index in [1.807, 2.05) is 19.9 Å². The van der Waals surface area contributed by atoms with Crippen molar-refractivity contribution in [1.29, 1.82) is 0 Å². The molecule has 0 bridgehead atoms. The number of alkyl halides is 2. The van der Waals surface area contributed by atoms with Crippen molar-refractivity contribution in [3.8, 4) is 17.1 Å². The molecule has 192 valence electrons. The Labute approximate surface area is 216 Å². The average molecular weight is 527 g/mol. The van der Waals surface area contributed by atoms with Gasteiger partial charge in [0.15, 0.2) is 5.82 Å². The van der Waals surface area contributed by atoms with Gasteiger partial charge in [0.2, 0.25) is 0 Å². The van der Waals surface area contributed by atoms with E-state index < -0.39 is 12.2 Å². The van der Waals surface area contributed by atoms with Gasteiger partial charge in [-0.05, 0) is 80.8 Å². The molecule has 0 spiro atoms. The summed E-state index contributed by atoms with van der Waals surface area (Å²) in [6.45, 7) is 4.17. The zero-order chi connectivity index (χ0) is 26.6. The maximum atomic E-state index is 13.5. The van der Waals surface area contributed by atoms with Crippen molar-refractivity contribution in [3.05, 3.63) is 86.6 Å². The fourth-order valence-electron chi connectivity index (χ4n) is 4.55. The summed E-state index contributed by atoms with van der Waals surface area (Å²) in [5.41, 5.74) is 2.88. The summed E-state index contributed by atoms with van der Waals surface area (Å²) in [4.78, 5) is 26.6. The highest BCUT2D eigenvalue weighted by Crippen LogP contribution is 2.55. The van der Waals surface area contributed by atoms with Crippen LogP contribution in [0.3, 0.4) is 0 Å². The number of hydrogen-bond acceptors (Lipinski definition) is 6. The lowest BCUT2D eigenvalue weighted by Crippen LogP contribution is -2.23. The lowest BCUT2D eigenvalue weighted by atomic mass is 10.1. The molecule has 4 heterocycles. The van der Waals surface area contributed by atoms with Gasteiger partial charge in [-0.15, -0.1) is 0 Å². The number of aryl methyl sites for hydroxylation is 2. The van der Waals surface area contributed by atoms with E-state index in [-0.39, 0.29) is 28.2 Å². The maximum Gasteiger partial charge on any atom is 0.333 e. The summed E-state index contributed by atoms with van der Waals surface area (Å²) in [5, 5.41) is 14.1. The lowest BCUT2D eigenvalue weighted by Gasteiger charge is -2.17. The van der Waals surface area contributed by atoms with Gasteiger partial charge in [-0.25, -0.2) is 14.6 Å². The van der Waals surface area contributed by atoms with Gasteiger partial charge in [-0.3, -0.25) is 14.3 Å². The van der Waals surface area contributed by atoms with Gasteiger partial charge in [0.1, 0.15) is 10.6 Å². The third-order valence-electron chi connectivity index (χ3n) is 6.58. The smallest absolute Gasteiger partial charge is 0.333 e. The van der Waals surface area contributed by atoms with E-state index in [2.05, 4.69) is 20.1 Å². The standard InChI is InChI=1S/C26H25ClF2N6O2/c1-13-10-31-20(19-5-6-30-24(33-19)26(3,4)37)9-21(13)35-14(2)7-18(22(27)23(35)36)17-8-16(17)15-11-32-34(12-15)25(28)29/h5-7,9-12,16-17,25,37H,8H2,1-4H3/t16-,17+/m1/s1. The first-order chi connectivity index (χ1) is 17.5. The molecule has 0 radical (unpaired) electrons. The molecule has 0 aromatic carbocycles. The normalized spacial score (nSPS) is 17.4. The molecule has 37 heavy (non-hydrogen) atoms. The van der Waals surface area contributed by atoms with Crippen molar-refractivity contribution in [2.75, 3.05) is 0 Å².